The van der Waals surface area contributed by atoms with Gasteiger partial charge in [-0.3, -0.25) is 0 Å². The van der Waals surface area contributed by atoms with Crippen LogP contribution in [0.2, 0.25) is 0 Å². The van der Waals surface area contributed by atoms with E-state index in [4.69, 9.17) is 0 Å². The number of pyridine rings is 1. The van der Waals surface area contributed by atoms with E-state index in [2.05, 4.69) is 10.3 Å². The van der Waals surface area contributed by atoms with Gasteiger partial charge in [0.05, 0.1) is 6.54 Å². The van der Waals surface area contributed by atoms with Gasteiger partial charge in [-0.1, -0.05) is 6.07 Å². The summed E-state index contributed by atoms with van der Waals surface area (Å²) < 4.78 is 52.4. The lowest BCUT2D eigenvalue weighted by molar-refractivity contribution is -0.141. The second-order valence-electron chi connectivity index (χ2n) is 8.18. The third-order valence-electron chi connectivity index (χ3n) is 6.30. The molecular formula is C19H24F4N4O. The third-order valence-corrected chi connectivity index (χ3v) is 6.30. The van der Waals surface area contributed by atoms with Gasteiger partial charge in [-0.05, 0) is 37.8 Å². The monoisotopic (exact) mass is 400 g/mol. The smallest absolute Gasteiger partial charge is 0.356 e. The van der Waals surface area contributed by atoms with E-state index < -0.39 is 18.0 Å². The van der Waals surface area contributed by atoms with Crippen LogP contribution in [0.5, 0.6) is 0 Å². The van der Waals surface area contributed by atoms with E-state index in [1.165, 1.54) is 6.07 Å². The molecule has 2 saturated heterocycles. The number of nitrogens with one attached hydrogen (secondary N) is 1. The number of urea groups is 1. The molecule has 154 valence electrons. The molecule has 1 aromatic rings. The fraction of sp³-hybridized carbons (Fsp3) is 0.684. The maximum absolute atomic E-state index is 13.6. The van der Waals surface area contributed by atoms with Gasteiger partial charge in [0.25, 0.3) is 0 Å². The number of alkyl halides is 4. The maximum atomic E-state index is 13.6. The zero-order valence-electron chi connectivity index (χ0n) is 15.6. The van der Waals surface area contributed by atoms with Gasteiger partial charge in [0, 0.05) is 37.5 Å². The molecule has 1 saturated carbocycles. The standard InChI is InChI=1S/C19H24F4N4O/c1-11-7-13(20)9-27(11)18(28)24-15-6-5-12-8-26(10-14(12)15)17-4-2-3-16(25-17)19(21,22)23/h2-4,11-15H,5-10H2,1H3,(H,24,28)/t11?,12-,13-,14+,15+/m1/s1. The van der Waals surface area contributed by atoms with Crippen LogP contribution in [0.15, 0.2) is 18.2 Å². The van der Waals surface area contributed by atoms with Gasteiger partial charge in [-0.2, -0.15) is 13.2 Å². The molecule has 2 aliphatic heterocycles. The molecule has 5 nitrogen and oxygen atoms in total. The fourth-order valence-corrected chi connectivity index (χ4v) is 4.88. The van der Waals surface area contributed by atoms with Crippen LogP contribution < -0.4 is 10.2 Å². The van der Waals surface area contributed by atoms with Crippen molar-refractivity contribution in [3.63, 3.8) is 0 Å². The Balaban J connectivity index is 1.41. The number of anilines is 1. The number of aromatic nitrogens is 1. The molecule has 0 aromatic carbocycles. The first-order chi connectivity index (χ1) is 13.2. The largest absolute Gasteiger partial charge is 0.433 e. The fourth-order valence-electron chi connectivity index (χ4n) is 4.88. The van der Waals surface area contributed by atoms with E-state index in [1.54, 1.807) is 11.0 Å². The van der Waals surface area contributed by atoms with Gasteiger partial charge < -0.3 is 15.1 Å². The van der Waals surface area contributed by atoms with E-state index in [1.807, 2.05) is 11.8 Å². The number of carbonyl (C=O) groups excluding carboxylic acids is 1. The highest BCUT2D eigenvalue weighted by atomic mass is 19.4. The van der Waals surface area contributed by atoms with Crippen LogP contribution in [0.4, 0.5) is 28.2 Å². The van der Waals surface area contributed by atoms with Crippen LogP contribution in [0.25, 0.3) is 0 Å². The summed E-state index contributed by atoms with van der Waals surface area (Å²) in [5, 5.41) is 3.04. The quantitative estimate of drug-likeness (QED) is 0.774. The van der Waals surface area contributed by atoms with Crippen molar-refractivity contribution >= 4 is 11.8 Å². The van der Waals surface area contributed by atoms with Crippen molar-refractivity contribution in [2.75, 3.05) is 24.5 Å². The first kappa shape index (κ1) is 19.3. The minimum Gasteiger partial charge on any atom is -0.356 e. The van der Waals surface area contributed by atoms with Crippen molar-refractivity contribution in [3.8, 4) is 0 Å². The maximum Gasteiger partial charge on any atom is 0.433 e. The van der Waals surface area contributed by atoms with Gasteiger partial charge in [0.15, 0.2) is 0 Å². The van der Waals surface area contributed by atoms with E-state index in [0.29, 0.717) is 31.2 Å². The van der Waals surface area contributed by atoms with Gasteiger partial charge in [-0.25, -0.2) is 14.2 Å². The molecule has 3 fully saturated rings. The zero-order chi connectivity index (χ0) is 20.1. The van der Waals surface area contributed by atoms with Crippen molar-refractivity contribution in [1.29, 1.82) is 0 Å². The molecule has 4 rings (SSSR count). The molecule has 5 atom stereocenters. The summed E-state index contributed by atoms with van der Waals surface area (Å²) in [6.07, 6.45) is -3.34. The number of halogens is 4. The molecule has 0 spiro atoms. The molecule has 28 heavy (non-hydrogen) atoms. The Bertz CT molecular complexity index is 743. The summed E-state index contributed by atoms with van der Waals surface area (Å²) in [6.45, 7) is 3.16. The molecule has 3 aliphatic rings. The minimum absolute atomic E-state index is 0.0424. The Morgan fingerprint density at radius 1 is 1.21 bits per heavy atom. The van der Waals surface area contributed by atoms with Crippen LogP contribution in [0, 0.1) is 11.8 Å². The Hall–Kier alpha value is -2.06. The van der Waals surface area contributed by atoms with Crippen molar-refractivity contribution in [1.82, 2.24) is 15.2 Å². The minimum atomic E-state index is -4.47. The van der Waals surface area contributed by atoms with Crippen molar-refractivity contribution in [2.45, 2.75) is 50.6 Å². The first-order valence-electron chi connectivity index (χ1n) is 9.73. The molecule has 1 aromatic heterocycles. The highest BCUT2D eigenvalue weighted by Gasteiger charge is 2.45. The van der Waals surface area contributed by atoms with Crippen LogP contribution in [-0.2, 0) is 6.18 Å². The number of fused-ring (bicyclic) bond motifs is 1. The topological polar surface area (TPSA) is 48.5 Å². The number of hydrogen-bond donors (Lipinski definition) is 1. The third kappa shape index (κ3) is 3.63. The van der Waals surface area contributed by atoms with Gasteiger partial charge in [0.2, 0.25) is 0 Å². The summed E-state index contributed by atoms with van der Waals surface area (Å²) in [5.74, 6) is 0.800. The number of nitrogens with zero attached hydrogens (tertiary/aromatic N) is 3. The summed E-state index contributed by atoms with van der Waals surface area (Å²) >= 11 is 0. The first-order valence-corrected chi connectivity index (χ1v) is 9.73. The van der Waals surface area contributed by atoms with E-state index >= 15 is 0 Å². The molecule has 3 heterocycles. The molecule has 1 unspecified atom stereocenters. The van der Waals surface area contributed by atoms with E-state index in [-0.39, 0.29) is 30.6 Å². The highest BCUT2D eigenvalue weighted by molar-refractivity contribution is 5.75. The molecule has 2 amide bonds. The van der Waals surface area contributed by atoms with Crippen LogP contribution >= 0.6 is 0 Å². The molecule has 0 bridgehead atoms. The van der Waals surface area contributed by atoms with Crippen molar-refractivity contribution in [2.24, 2.45) is 11.8 Å². The lowest BCUT2D eigenvalue weighted by Gasteiger charge is -2.27. The normalized spacial score (nSPS) is 32.7. The van der Waals surface area contributed by atoms with Gasteiger partial charge in [-0.15, -0.1) is 0 Å². The lowest BCUT2D eigenvalue weighted by atomic mass is 9.98. The Kier molecular flexibility index (Phi) is 4.87. The van der Waals surface area contributed by atoms with Crippen LogP contribution in [-0.4, -0.2) is 53.8 Å². The van der Waals surface area contributed by atoms with Crippen LogP contribution in [0.3, 0.4) is 0 Å². The Labute approximate surface area is 161 Å². The van der Waals surface area contributed by atoms with Gasteiger partial charge in [0.1, 0.15) is 17.7 Å². The second-order valence-corrected chi connectivity index (χ2v) is 8.18. The van der Waals surface area contributed by atoms with Crippen molar-refractivity contribution in [3.05, 3.63) is 23.9 Å². The average Bonchev–Trinajstić information content (AvgIpc) is 3.30. The summed E-state index contributed by atoms with van der Waals surface area (Å²) in [4.78, 5) is 19.7. The number of amides is 2. The molecular weight excluding hydrogens is 376 g/mol. The van der Waals surface area contributed by atoms with E-state index in [9.17, 15) is 22.4 Å². The molecule has 1 aliphatic carbocycles. The van der Waals surface area contributed by atoms with Gasteiger partial charge >= 0.3 is 12.2 Å². The SMILES string of the molecule is CC1C[C@@H](F)CN1C(=O)N[C@H]1CC[C@@H]2CN(c3cccc(C(F)(F)F)n3)C[C@@H]21. The number of hydrogen-bond acceptors (Lipinski definition) is 3. The summed E-state index contributed by atoms with van der Waals surface area (Å²) in [7, 11) is 0. The highest BCUT2D eigenvalue weighted by Crippen LogP contribution is 2.40. The predicted molar refractivity (Wildman–Crippen MR) is 95.7 cm³/mol. The Morgan fingerprint density at radius 2 is 2.00 bits per heavy atom. The predicted octanol–water partition coefficient (Wildman–Crippen LogP) is 3.46. The number of rotatable bonds is 2. The summed E-state index contributed by atoms with van der Waals surface area (Å²) in [6, 6.07) is 3.53. The zero-order valence-corrected chi connectivity index (χ0v) is 15.6. The number of likely N-dealkylation sites (tertiary alicyclic amines) is 1. The van der Waals surface area contributed by atoms with E-state index in [0.717, 1.165) is 18.9 Å². The second kappa shape index (κ2) is 7.08. The van der Waals surface area contributed by atoms with Crippen LogP contribution in [0.1, 0.15) is 31.9 Å². The molecule has 0 radical (unpaired) electrons. The summed E-state index contributed by atoms with van der Waals surface area (Å²) in [5.41, 5.74) is -0.893. The van der Waals surface area contributed by atoms with Crippen molar-refractivity contribution < 1.29 is 22.4 Å². The average molecular weight is 400 g/mol. The Morgan fingerprint density at radius 3 is 2.68 bits per heavy atom. The number of carbonyl (C=O) groups is 1. The molecule has 1 N–H and O–H groups in total. The lowest BCUT2D eigenvalue weighted by Crippen LogP contribution is -2.48. The molecule has 9 heteroatoms.